The van der Waals surface area contributed by atoms with E-state index in [2.05, 4.69) is 0 Å². The summed E-state index contributed by atoms with van der Waals surface area (Å²) in [5.41, 5.74) is 0.496. The van der Waals surface area contributed by atoms with Gasteiger partial charge in [-0.15, -0.1) is 0 Å². The first-order chi connectivity index (χ1) is 17.7. The number of hydrogen-bond acceptors (Lipinski definition) is 8. The molecule has 37 heavy (non-hydrogen) atoms. The molecule has 0 aliphatic carbocycles. The summed E-state index contributed by atoms with van der Waals surface area (Å²) in [6.45, 7) is 0. The van der Waals surface area contributed by atoms with Crippen LogP contribution in [-0.2, 0) is 20.2 Å². The zero-order chi connectivity index (χ0) is 26.0. The van der Waals surface area contributed by atoms with Crippen molar-refractivity contribution in [2.24, 2.45) is 0 Å². The molecule has 0 amide bonds. The molecule has 0 saturated carbocycles. The average molecular weight is 535 g/mol. The van der Waals surface area contributed by atoms with Crippen LogP contribution < -0.4 is 13.8 Å². The van der Waals surface area contributed by atoms with Crippen LogP contribution in [0.5, 0.6) is 11.5 Å². The van der Waals surface area contributed by atoms with E-state index in [1.54, 1.807) is 36.4 Å². The van der Waals surface area contributed by atoms with Crippen molar-refractivity contribution >= 4 is 31.2 Å². The van der Waals surface area contributed by atoms with Gasteiger partial charge in [-0.25, -0.2) is 0 Å². The number of hydrogen-bond donors (Lipinski definition) is 0. The molecule has 186 valence electrons. The van der Waals surface area contributed by atoms with Gasteiger partial charge in [-0.05, 0) is 54.1 Å². The molecule has 5 rings (SSSR count). The fraction of sp³-hybridized carbons (Fsp3) is 0. The monoisotopic (exact) mass is 534 g/mol. The van der Waals surface area contributed by atoms with Crippen molar-refractivity contribution in [3.8, 4) is 22.6 Å². The molecule has 10 heteroatoms. The Balaban J connectivity index is 1.40. The Labute approximate surface area is 212 Å². The lowest BCUT2D eigenvalue weighted by molar-refractivity contribution is 0.484. The van der Waals surface area contributed by atoms with Crippen LogP contribution in [0.2, 0.25) is 0 Å². The third-order valence-corrected chi connectivity index (χ3v) is 7.91. The zero-order valence-corrected chi connectivity index (χ0v) is 20.6. The molecule has 8 nitrogen and oxygen atoms in total. The van der Waals surface area contributed by atoms with Crippen molar-refractivity contribution in [1.29, 1.82) is 0 Å². The molecule has 0 saturated heterocycles. The van der Waals surface area contributed by atoms with Gasteiger partial charge in [0, 0.05) is 6.07 Å². The molecule has 0 atom stereocenters. The van der Waals surface area contributed by atoms with Gasteiger partial charge in [-0.1, -0.05) is 48.5 Å². The first-order valence-electron chi connectivity index (χ1n) is 10.9. The van der Waals surface area contributed by atoms with Gasteiger partial charge in [0.05, 0.1) is 10.9 Å². The van der Waals surface area contributed by atoms with Gasteiger partial charge >= 0.3 is 20.2 Å². The summed E-state index contributed by atoms with van der Waals surface area (Å²) in [5.74, 6) is 0.0765. The van der Waals surface area contributed by atoms with Gasteiger partial charge in [0.1, 0.15) is 33.1 Å². The molecule has 0 unspecified atom stereocenters. The Morgan fingerprint density at radius 1 is 0.595 bits per heavy atom. The second-order valence-corrected chi connectivity index (χ2v) is 11.0. The Kier molecular flexibility index (Phi) is 6.28. The van der Waals surface area contributed by atoms with Crippen molar-refractivity contribution in [1.82, 2.24) is 0 Å². The minimum atomic E-state index is -4.05. The average Bonchev–Trinajstić information content (AvgIpc) is 2.90. The number of benzene rings is 4. The van der Waals surface area contributed by atoms with E-state index < -0.39 is 20.2 Å². The van der Waals surface area contributed by atoms with Crippen LogP contribution in [0.3, 0.4) is 0 Å². The van der Waals surface area contributed by atoms with Gasteiger partial charge in [-0.2, -0.15) is 16.8 Å². The van der Waals surface area contributed by atoms with Crippen molar-refractivity contribution < 1.29 is 29.6 Å². The topological polar surface area (TPSA) is 117 Å². The molecule has 0 aliphatic rings. The molecule has 0 fully saturated rings. The van der Waals surface area contributed by atoms with Gasteiger partial charge in [0.2, 0.25) is 0 Å². The molecule has 0 radical (unpaired) electrons. The highest BCUT2D eigenvalue weighted by atomic mass is 32.2. The van der Waals surface area contributed by atoms with Crippen molar-refractivity contribution in [3.63, 3.8) is 0 Å². The maximum atomic E-state index is 13.1. The third-order valence-electron chi connectivity index (χ3n) is 5.39. The highest BCUT2D eigenvalue weighted by Gasteiger charge is 2.18. The first-order valence-corrected chi connectivity index (χ1v) is 13.7. The minimum Gasteiger partial charge on any atom is -0.463 e. The first kappa shape index (κ1) is 24.3. The second kappa shape index (κ2) is 9.57. The van der Waals surface area contributed by atoms with E-state index in [1.165, 1.54) is 73.0 Å². The van der Waals surface area contributed by atoms with Crippen LogP contribution in [-0.4, -0.2) is 16.8 Å². The quantitative estimate of drug-likeness (QED) is 0.268. The van der Waals surface area contributed by atoms with Crippen LogP contribution in [0.4, 0.5) is 0 Å². The summed E-state index contributed by atoms with van der Waals surface area (Å²) < 4.78 is 65.7. The lowest BCUT2D eigenvalue weighted by Crippen LogP contribution is -2.10. The predicted molar refractivity (Wildman–Crippen MR) is 136 cm³/mol. The van der Waals surface area contributed by atoms with Crippen LogP contribution >= 0.6 is 0 Å². The van der Waals surface area contributed by atoms with Gasteiger partial charge in [-0.3, -0.25) is 4.79 Å². The second-order valence-electron chi connectivity index (χ2n) is 7.86. The maximum absolute atomic E-state index is 13.1. The zero-order valence-electron chi connectivity index (χ0n) is 19.0. The maximum Gasteiger partial charge on any atom is 0.339 e. The molecule has 4 aromatic carbocycles. The molecule has 1 aromatic heterocycles. The highest BCUT2D eigenvalue weighted by molar-refractivity contribution is 7.87. The van der Waals surface area contributed by atoms with Gasteiger partial charge in [0.15, 0.2) is 5.43 Å². The number of rotatable bonds is 7. The lowest BCUT2D eigenvalue weighted by atomic mass is 10.1. The molecular weight excluding hydrogens is 516 g/mol. The van der Waals surface area contributed by atoms with E-state index in [9.17, 15) is 21.6 Å². The molecular formula is C27H18O8S2. The van der Waals surface area contributed by atoms with E-state index >= 15 is 0 Å². The van der Waals surface area contributed by atoms with Crippen LogP contribution in [0, 0.1) is 0 Å². The highest BCUT2D eigenvalue weighted by Crippen LogP contribution is 2.27. The summed E-state index contributed by atoms with van der Waals surface area (Å²) >= 11 is 0. The van der Waals surface area contributed by atoms with Crippen molar-refractivity contribution in [2.45, 2.75) is 9.79 Å². The normalized spacial score (nSPS) is 11.8. The van der Waals surface area contributed by atoms with E-state index in [0.717, 1.165) is 0 Å². The van der Waals surface area contributed by atoms with E-state index in [0.29, 0.717) is 5.56 Å². The van der Waals surface area contributed by atoms with Gasteiger partial charge < -0.3 is 12.8 Å². The Hall–Kier alpha value is -4.41. The fourth-order valence-corrected chi connectivity index (χ4v) is 5.47. The SMILES string of the molecule is O=c1c(-c2ccc(OS(=O)(=O)c3ccccc3)cc2)coc2cc(OS(=O)(=O)c3ccccc3)ccc12. The molecule has 0 spiro atoms. The summed E-state index contributed by atoms with van der Waals surface area (Å²) in [4.78, 5) is 13.1. The largest absolute Gasteiger partial charge is 0.463 e. The van der Waals surface area contributed by atoms with E-state index in [1.807, 2.05) is 0 Å². The molecule has 1 heterocycles. The third kappa shape index (κ3) is 5.11. The molecule has 0 bridgehead atoms. The van der Waals surface area contributed by atoms with Crippen LogP contribution in [0.15, 0.2) is 128 Å². The Morgan fingerprint density at radius 3 is 1.68 bits per heavy atom. The van der Waals surface area contributed by atoms with Crippen LogP contribution in [0.1, 0.15) is 0 Å². The Bertz CT molecular complexity index is 1850. The molecule has 5 aromatic rings. The fourth-order valence-electron chi connectivity index (χ4n) is 3.57. The Morgan fingerprint density at radius 2 is 1.11 bits per heavy atom. The van der Waals surface area contributed by atoms with Crippen molar-refractivity contribution in [3.05, 3.63) is 120 Å². The van der Waals surface area contributed by atoms with Crippen LogP contribution in [0.25, 0.3) is 22.1 Å². The smallest absolute Gasteiger partial charge is 0.339 e. The van der Waals surface area contributed by atoms with Gasteiger partial charge in [0.25, 0.3) is 0 Å². The summed E-state index contributed by atoms with van der Waals surface area (Å²) in [6.07, 6.45) is 1.25. The minimum absolute atomic E-state index is 0.00380. The van der Waals surface area contributed by atoms with E-state index in [4.69, 9.17) is 12.8 Å². The van der Waals surface area contributed by atoms with E-state index in [-0.39, 0.29) is 43.3 Å². The lowest BCUT2D eigenvalue weighted by Gasteiger charge is -2.09. The summed E-state index contributed by atoms with van der Waals surface area (Å²) in [6, 6.07) is 25.5. The molecule has 0 N–H and O–H groups in total. The molecule has 0 aliphatic heterocycles. The van der Waals surface area contributed by atoms with Crippen molar-refractivity contribution in [2.75, 3.05) is 0 Å². The number of fused-ring (bicyclic) bond motifs is 1. The summed E-state index contributed by atoms with van der Waals surface area (Å²) in [7, 11) is -8.05. The standard InChI is InChI=1S/C27H18O8S2/c28-27-24-16-15-21(35-37(31,32)23-9-5-2-6-10-23)17-26(24)33-18-25(27)19-11-13-20(14-12-19)34-36(29,30)22-7-3-1-4-8-22/h1-18H. The predicted octanol–water partition coefficient (Wildman–Crippen LogP) is 5.00. The summed E-state index contributed by atoms with van der Waals surface area (Å²) in [5, 5.41) is 0.217.